The van der Waals surface area contributed by atoms with E-state index in [-0.39, 0.29) is 23.8 Å². The topological polar surface area (TPSA) is 61.4 Å². The summed E-state index contributed by atoms with van der Waals surface area (Å²) >= 11 is 6.04. The van der Waals surface area contributed by atoms with Gasteiger partial charge in [-0.25, -0.2) is 4.79 Å². The fourth-order valence-electron chi connectivity index (χ4n) is 3.52. The maximum atomic E-state index is 12.7. The van der Waals surface area contributed by atoms with Gasteiger partial charge in [-0.05, 0) is 55.5 Å². The number of anilines is 2. The SMILES string of the molecule is Cc1ccc(Cl)cc1NC(=O)[C@@H](C)C1CCN(C(=O)Nc2ccccc2)CC1. The highest BCUT2D eigenvalue weighted by molar-refractivity contribution is 6.31. The Kier molecular flexibility index (Phi) is 6.57. The van der Waals surface area contributed by atoms with Gasteiger partial charge in [-0.15, -0.1) is 0 Å². The molecule has 1 atom stereocenters. The molecule has 1 aliphatic rings. The van der Waals surface area contributed by atoms with Crippen molar-refractivity contribution in [2.24, 2.45) is 11.8 Å². The van der Waals surface area contributed by atoms with Crippen LogP contribution in [0.25, 0.3) is 0 Å². The van der Waals surface area contributed by atoms with Gasteiger partial charge in [0.05, 0.1) is 0 Å². The number of benzene rings is 2. The van der Waals surface area contributed by atoms with Crippen LogP contribution in [0.1, 0.15) is 25.3 Å². The van der Waals surface area contributed by atoms with Crippen LogP contribution in [0.5, 0.6) is 0 Å². The molecule has 0 spiro atoms. The van der Waals surface area contributed by atoms with E-state index in [4.69, 9.17) is 11.6 Å². The van der Waals surface area contributed by atoms with E-state index in [1.165, 1.54) is 0 Å². The van der Waals surface area contributed by atoms with Gasteiger partial charge in [-0.3, -0.25) is 4.79 Å². The second-order valence-corrected chi connectivity index (χ2v) is 7.79. The number of hydrogen-bond acceptors (Lipinski definition) is 2. The maximum Gasteiger partial charge on any atom is 0.321 e. The third kappa shape index (κ3) is 5.04. The summed E-state index contributed by atoms with van der Waals surface area (Å²) in [5, 5.41) is 6.52. The van der Waals surface area contributed by atoms with Crippen LogP contribution in [0.15, 0.2) is 48.5 Å². The second kappa shape index (κ2) is 9.11. The summed E-state index contributed by atoms with van der Waals surface area (Å²) in [5.41, 5.74) is 2.53. The molecule has 0 radical (unpaired) electrons. The predicted octanol–water partition coefficient (Wildman–Crippen LogP) is 5.17. The van der Waals surface area contributed by atoms with E-state index >= 15 is 0 Å². The Balaban J connectivity index is 1.51. The molecule has 0 aromatic heterocycles. The van der Waals surface area contributed by atoms with Gasteiger partial charge in [0.15, 0.2) is 0 Å². The fraction of sp³-hybridized carbons (Fsp3) is 0.364. The molecule has 0 aliphatic carbocycles. The van der Waals surface area contributed by atoms with Crippen molar-refractivity contribution in [3.8, 4) is 0 Å². The molecule has 5 nitrogen and oxygen atoms in total. The van der Waals surface area contributed by atoms with Crippen LogP contribution < -0.4 is 10.6 Å². The van der Waals surface area contributed by atoms with Gasteiger partial charge in [0.25, 0.3) is 0 Å². The molecule has 2 N–H and O–H groups in total. The number of urea groups is 1. The number of amides is 3. The molecule has 1 fully saturated rings. The van der Waals surface area contributed by atoms with E-state index in [0.717, 1.165) is 29.8 Å². The second-order valence-electron chi connectivity index (χ2n) is 7.36. The van der Waals surface area contributed by atoms with Crippen molar-refractivity contribution in [2.45, 2.75) is 26.7 Å². The normalized spacial score (nSPS) is 15.8. The first-order chi connectivity index (χ1) is 13.4. The summed E-state index contributed by atoms with van der Waals surface area (Å²) in [6, 6.07) is 14.8. The van der Waals surface area contributed by atoms with Gasteiger partial charge < -0.3 is 15.5 Å². The monoisotopic (exact) mass is 399 g/mol. The highest BCUT2D eigenvalue weighted by Gasteiger charge is 2.30. The zero-order valence-electron chi connectivity index (χ0n) is 16.2. The molecule has 6 heteroatoms. The predicted molar refractivity (Wildman–Crippen MR) is 114 cm³/mol. The summed E-state index contributed by atoms with van der Waals surface area (Å²) in [6.45, 7) is 5.20. The zero-order chi connectivity index (χ0) is 20.1. The first kappa shape index (κ1) is 20.2. The molecule has 1 saturated heterocycles. The summed E-state index contributed by atoms with van der Waals surface area (Å²) in [6.07, 6.45) is 1.62. The van der Waals surface area contributed by atoms with Gasteiger partial charge in [-0.1, -0.05) is 42.8 Å². The van der Waals surface area contributed by atoms with Crippen molar-refractivity contribution in [1.29, 1.82) is 0 Å². The number of carbonyl (C=O) groups excluding carboxylic acids is 2. The van der Waals surface area contributed by atoms with Crippen molar-refractivity contribution >= 4 is 34.9 Å². The van der Waals surface area contributed by atoms with E-state index in [1.54, 1.807) is 6.07 Å². The highest BCUT2D eigenvalue weighted by atomic mass is 35.5. The summed E-state index contributed by atoms with van der Waals surface area (Å²) in [4.78, 5) is 26.9. The first-order valence-corrected chi connectivity index (χ1v) is 10.00. The Morgan fingerprint density at radius 1 is 1.07 bits per heavy atom. The van der Waals surface area contributed by atoms with Crippen molar-refractivity contribution in [3.05, 3.63) is 59.1 Å². The van der Waals surface area contributed by atoms with Gasteiger partial charge in [0, 0.05) is 35.4 Å². The van der Waals surface area contributed by atoms with Crippen molar-refractivity contribution < 1.29 is 9.59 Å². The lowest BCUT2D eigenvalue weighted by molar-refractivity contribution is -0.121. The lowest BCUT2D eigenvalue weighted by Gasteiger charge is -2.34. The Morgan fingerprint density at radius 3 is 2.43 bits per heavy atom. The van der Waals surface area contributed by atoms with Gasteiger partial charge in [0.2, 0.25) is 5.91 Å². The Morgan fingerprint density at radius 2 is 1.75 bits per heavy atom. The standard InChI is InChI=1S/C22H26ClN3O2/c1-15-8-9-18(23)14-20(15)25-21(27)16(2)17-10-12-26(13-11-17)22(28)24-19-6-4-3-5-7-19/h3-9,14,16-17H,10-13H2,1-2H3,(H,24,28)(H,25,27)/t16-/m0/s1. The number of rotatable bonds is 4. The fourth-order valence-corrected chi connectivity index (χ4v) is 3.69. The van der Waals surface area contributed by atoms with Crippen LogP contribution in [-0.2, 0) is 4.79 Å². The minimum atomic E-state index is -0.127. The minimum absolute atomic E-state index is 0.00227. The Labute approximate surface area is 171 Å². The number of piperidine rings is 1. The first-order valence-electron chi connectivity index (χ1n) is 9.62. The van der Waals surface area contributed by atoms with E-state index in [0.29, 0.717) is 18.1 Å². The molecule has 0 saturated carbocycles. The number of nitrogens with one attached hydrogen (secondary N) is 2. The average molecular weight is 400 g/mol. The van der Waals surface area contributed by atoms with Crippen LogP contribution in [0, 0.1) is 18.8 Å². The van der Waals surface area contributed by atoms with Crippen molar-refractivity contribution in [1.82, 2.24) is 4.90 Å². The van der Waals surface area contributed by atoms with E-state index in [2.05, 4.69) is 10.6 Å². The number of halogens is 1. The number of aryl methyl sites for hydroxylation is 1. The van der Waals surface area contributed by atoms with Gasteiger partial charge >= 0.3 is 6.03 Å². The highest BCUT2D eigenvalue weighted by Crippen LogP contribution is 2.28. The number of likely N-dealkylation sites (tertiary alicyclic amines) is 1. The molecule has 1 heterocycles. The van der Waals surface area contributed by atoms with E-state index < -0.39 is 0 Å². The molecular weight excluding hydrogens is 374 g/mol. The van der Waals surface area contributed by atoms with Crippen LogP contribution in [0.3, 0.4) is 0 Å². The van der Waals surface area contributed by atoms with Gasteiger partial charge in [-0.2, -0.15) is 0 Å². The summed E-state index contributed by atoms with van der Waals surface area (Å²) in [7, 11) is 0. The zero-order valence-corrected chi connectivity index (χ0v) is 17.0. The quantitative estimate of drug-likeness (QED) is 0.745. The lowest BCUT2D eigenvalue weighted by Crippen LogP contribution is -2.43. The Bertz CT molecular complexity index is 833. The molecule has 0 unspecified atom stereocenters. The molecule has 2 aromatic carbocycles. The van der Waals surface area contributed by atoms with Gasteiger partial charge in [0.1, 0.15) is 0 Å². The smallest absolute Gasteiger partial charge is 0.321 e. The van der Waals surface area contributed by atoms with Crippen LogP contribution in [0.2, 0.25) is 5.02 Å². The summed E-state index contributed by atoms with van der Waals surface area (Å²) in [5.74, 6) is 0.121. The van der Waals surface area contributed by atoms with Crippen molar-refractivity contribution in [2.75, 3.05) is 23.7 Å². The average Bonchev–Trinajstić information content (AvgIpc) is 2.71. The molecular formula is C22H26ClN3O2. The number of carbonyl (C=O) groups is 2. The molecule has 28 heavy (non-hydrogen) atoms. The number of para-hydroxylation sites is 1. The van der Waals surface area contributed by atoms with Crippen LogP contribution in [-0.4, -0.2) is 29.9 Å². The molecule has 3 amide bonds. The summed E-state index contributed by atoms with van der Waals surface area (Å²) < 4.78 is 0. The number of nitrogens with zero attached hydrogens (tertiary/aromatic N) is 1. The maximum absolute atomic E-state index is 12.7. The van der Waals surface area contributed by atoms with Crippen LogP contribution in [0.4, 0.5) is 16.2 Å². The lowest BCUT2D eigenvalue weighted by atomic mass is 9.85. The molecule has 0 bridgehead atoms. The molecule has 1 aliphatic heterocycles. The van der Waals surface area contributed by atoms with E-state index in [9.17, 15) is 9.59 Å². The molecule has 3 rings (SSSR count). The third-order valence-corrected chi connectivity index (χ3v) is 5.67. The largest absolute Gasteiger partial charge is 0.326 e. The van der Waals surface area contributed by atoms with E-state index in [1.807, 2.05) is 61.2 Å². The Hall–Kier alpha value is -2.53. The van der Waals surface area contributed by atoms with Crippen molar-refractivity contribution in [3.63, 3.8) is 0 Å². The third-order valence-electron chi connectivity index (χ3n) is 5.43. The van der Waals surface area contributed by atoms with Crippen LogP contribution >= 0.6 is 11.6 Å². The number of hydrogen-bond donors (Lipinski definition) is 2. The molecule has 2 aromatic rings. The minimum Gasteiger partial charge on any atom is -0.326 e. The molecule has 148 valence electrons.